The molecule has 2 nitrogen and oxygen atoms in total. The van der Waals surface area contributed by atoms with E-state index in [2.05, 4.69) is 68.8 Å². The van der Waals surface area contributed by atoms with Crippen molar-refractivity contribution in [1.29, 1.82) is 0 Å². The molecule has 1 aliphatic heterocycles. The van der Waals surface area contributed by atoms with E-state index in [9.17, 15) is 0 Å². The molecule has 3 rings (SSSR count). The summed E-state index contributed by atoms with van der Waals surface area (Å²) < 4.78 is 1.19. The summed E-state index contributed by atoms with van der Waals surface area (Å²) in [6.07, 6.45) is 2.71. The Kier molecular flexibility index (Phi) is 4.99. The Morgan fingerprint density at radius 1 is 1.19 bits per heavy atom. The molecular formula is C17H21BrN2S. The summed E-state index contributed by atoms with van der Waals surface area (Å²) in [5, 5.41) is 5.69. The zero-order chi connectivity index (χ0) is 14.7. The lowest BCUT2D eigenvalue weighted by Crippen LogP contribution is -2.18. The Bertz CT molecular complexity index is 573. The lowest BCUT2D eigenvalue weighted by molar-refractivity contribution is 0.331. The van der Waals surface area contributed by atoms with Crippen LogP contribution in [-0.2, 0) is 6.54 Å². The number of thiophene rings is 1. The molecule has 1 aromatic heterocycles. The van der Waals surface area contributed by atoms with Crippen molar-refractivity contribution in [3.63, 3.8) is 0 Å². The minimum Gasteiger partial charge on any atom is -0.378 e. The summed E-state index contributed by atoms with van der Waals surface area (Å²) in [7, 11) is 0. The summed E-state index contributed by atoms with van der Waals surface area (Å²) in [6.45, 7) is 5.80. The lowest BCUT2D eigenvalue weighted by Gasteiger charge is -2.17. The number of likely N-dealkylation sites (tertiary alicyclic amines) is 1. The first-order valence-corrected chi connectivity index (χ1v) is 9.20. The van der Waals surface area contributed by atoms with Gasteiger partial charge < -0.3 is 5.32 Å². The monoisotopic (exact) mass is 364 g/mol. The van der Waals surface area contributed by atoms with Gasteiger partial charge in [-0.15, -0.1) is 11.3 Å². The van der Waals surface area contributed by atoms with E-state index < -0.39 is 0 Å². The number of benzene rings is 1. The van der Waals surface area contributed by atoms with Crippen LogP contribution in [0.15, 0.2) is 40.2 Å². The van der Waals surface area contributed by atoms with E-state index in [1.807, 2.05) is 0 Å². The molecule has 1 aliphatic rings. The molecule has 1 aromatic carbocycles. The zero-order valence-electron chi connectivity index (χ0n) is 12.3. The summed E-state index contributed by atoms with van der Waals surface area (Å²) in [5.41, 5.74) is 2.60. The first-order chi connectivity index (χ1) is 10.2. The Hall–Kier alpha value is -0.840. The van der Waals surface area contributed by atoms with E-state index in [1.54, 1.807) is 11.3 Å². The van der Waals surface area contributed by atoms with Crippen LogP contribution in [0.1, 0.15) is 36.2 Å². The molecule has 112 valence electrons. The molecule has 21 heavy (non-hydrogen) atoms. The van der Waals surface area contributed by atoms with Gasteiger partial charge in [0, 0.05) is 21.6 Å². The number of nitrogens with one attached hydrogen (secondary N) is 1. The van der Waals surface area contributed by atoms with Crippen LogP contribution in [0.5, 0.6) is 0 Å². The second kappa shape index (κ2) is 6.95. The molecule has 2 heterocycles. The number of nitrogens with zero attached hydrogens (tertiary/aromatic N) is 1. The standard InChI is InChI=1S/C17H21BrN2S/c1-13(17-16(18)8-11-21-17)19-15-6-4-14(5-7-15)12-20-9-2-3-10-20/h4-8,11,13,19H,2-3,9-10,12H2,1H3. The largest absolute Gasteiger partial charge is 0.378 e. The molecule has 0 spiro atoms. The average Bonchev–Trinajstić information content (AvgIpc) is 3.12. The van der Waals surface area contributed by atoms with E-state index in [-0.39, 0.29) is 0 Å². The van der Waals surface area contributed by atoms with Crippen molar-refractivity contribution < 1.29 is 0 Å². The van der Waals surface area contributed by atoms with Crippen molar-refractivity contribution in [3.8, 4) is 0 Å². The minimum atomic E-state index is 0.323. The quantitative estimate of drug-likeness (QED) is 0.776. The second-order valence-electron chi connectivity index (χ2n) is 5.68. The van der Waals surface area contributed by atoms with Gasteiger partial charge in [-0.2, -0.15) is 0 Å². The van der Waals surface area contributed by atoms with Crippen molar-refractivity contribution in [2.75, 3.05) is 18.4 Å². The number of rotatable bonds is 5. The third-order valence-corrected chi connectivity index (χ3v) is 6.03. The lowest BCUT2D eigenvalue weighted by atomic mass is 10.2. The van der Waals surface area contributed by atoms with Crippen molar-refractivity contribution in [2.45, 2.75) is 32.4 Å². The van der Waals surface area contributed by atoms with E-state index >= 15 is 0 Å². The van der Waals surface area contributed by atoms with Gasteiger partial charge in [0.15, 0.2) is 0 Å². The maximum Gasteiger partial charge on any atom is 0.0589 e. The normalized spacial score (nSPS) is 17.0. The van der Waals surface area contributed by atoms with Gasteiger partial charge in [-0.05, 0) is 77.9 Å². The summed E-state index contributed by atoms with van der Waals surface area (Å²) in [6, 6.07) is 11.3. The fourth-order valence-corrected chi connectivity index (χ4v) is 4.56. The molecule has 1 atom stereocenters. The summed E-state index contributed by atoms with van der Waals surface area (Å²) in [4.78, 5) is 3.88. The maximum absolute atomic E-state index is 3.61. The van der Waals surface area contributed by atoms with Gasteiger partial charge in [-0.25, -0.2) is 0 Å². The van der Waals surface area contributed by atoms with Crippen molar-refractivity contribution in [3.05, 3.63) is 50.6 Å². The fraction of sp³-hybridized carbons (Fsp3) is 0.412. The van der Waals surface area contributed by atoms with Gasteiger partial charge in [0.2, 0.25) is 0 Å². The topological polar surface area (TPSA) is 15.3 Å². The van der Waals surface area contributed by atoms with Crippen molar-refractivity contribution in [1.82, 2.24) is 4.90 Å². The molecule has 0 aliphatic carbocycles. The third-order valence-electron chi connectivity index (χ3n) is 3.98. The predicted molar refractivity (Wildman–Crippen MR) is 95.0 cm³/mol. The van der Waals surface area contributed by atoms with Crippen molar-refractivity contribution in [2.24, 2.45) is 0 Å². The molecule has 1 unspecified atom stereocenters. The van der Waals surface area contributed by atoms with Crippen LogP contribution < -0.4 is 5.32 Å². The van der Waals surface area contributed by atoms with Gasteiger partial charge in [-0.3, -0.25) is 4.90 Å². The summed E-state index contributed by atoms with van der Waals surface area (Å²) in [5.74, 6) is 0. The molecule has 0 radical (unpaired) electrons. The Morgan fingerprint density at radius 3 is 2.52 bits per heavy atom. The highest BCUT2D eigenvalue weighted by molar-refractivity contribution is 9.10. The molecule has 1 saturated heterocycles. The predicted octanol–water partition coefficient (Wildman–Crippen LogP) is 5.28. The average molecular weight is 365 g/mol. The van der Waals surface area contributed by atoms with E-state index in [0.29, 0.717) is 6.04 Å². The zero-order valence-corrected chi connectivity index (χ0v) is 14.7. The van der Waals surface area contributed by atoms with E-state index in [4.69, 9.17) is 0 Å². The molecule has 4 heteroatoms. The van der Waals surface area contributed by atoms with Crippen LogP contribution in [0.25, 0.3) is 0 Å². The highest BCUT2D eigenvalue weighted by Gasteiger charge is 2.12. The molecular weight excluding hydrogens is 344 g/mol. The first-order valence-electron chi connectivity index (χ1n) is 7.53. The number of anilines is 1. The van der Waals surface area contributed by atoms with Crippen LogP contribution in [0.2, 0.25) is 0 Å². The van der Waals surface area contributed by atoms with E-state index in [0.717, 1.165) is 6.54 Å². The Labute approximate surface area is 139 Å². The first kappa shape index (κ1) is 15.1. The minimum absolute atomic E-state index is 0.323. The maximum atomic E-state index is 3.61. The SMILES string of the molecule is CC(Nc1ccc(CN2CCCC2)cc1)c1sccc1Br. The van der Waals surface area contributed by atoms with E-state index in [1.165, 1.54) is 46.5 Å². The molecule has 0 bridgehead atoms. The molecule has 2 aromatic rings. The van der Waals surface area contributed by atoms with Crippen LogP contribution in [0.4, 0.5) is 5.69 Å². The molecule has 1 N–H and O–H groups in total. The van der Waals surface area contributed by atoms with Gasteiger partial charge in [-0.1, -0.05) is 12.1 Å². The van der Waals surface area contributed by atoms with Gasteiger partial charge in [0.05, 0.1) is 6.04 Å². The smallest absolute Gasteiger partial charge is 0.0589 e. The van der Waals surface area contributed by atoms with Gasteiger partial charge >= 0.3 is 0 Å². The molecule has 0 saturated carbocycles. The van der Waals surface area contributed by atoms with Crippen molar-refractivity contribution >= 4 is 33.0 Å². The molecule has 0 amide bonds. The Balaban J connectivity index is 1.60. The number of hydrogen-bond acceptors (Lipinski definition) is 3. The van der Waals surface area contributed by atoms with Crippen LogP contribution in [0, 0.1) is 0 Å². The summed E-state index contributed by atoms with van der Waals surface area (Å²) >= 11 is 5.39. The number of hydrogen-bond donors (Lipinski definition) is 1. The van der Waals surface area contributed by atoms with Gasteiger partial charge in [0.25, 0.3) is 0 Å². The highest BCUT2D eigenvalue weighted by atomic mass is 79.9. The van der Waals surface area contributed by atoms with Gasteiger partial charge in [0.1, 0.15) is 0 Å². The Morgan fingerprint density at radius 2 is 1.90 bits per heavy atom. The second-order valence-corrected chi connectivity index (χ2v) is 7.48. The number of halogens is 1. The van der Waals surface area contributed by atoms with Crippen LogP contribution in [0.3, 0.4) is 0 Å². The van der Waals surface area contributed by atoms with Crippen LogP contribution >= 0.6 is 27.3 Å². The third kappa shape index (κ3) is 3.87. The highest BCUT2D eigenvalue weighted by Crippen LogP contribution is 2.31. The van der Waals surface area contributed by atoms with Crippen LogP contribution in [-0.4, -0.2) is 18.0 Å². The molecule has 1 fully saturated rings. The fourth-order valence-electron chi connectivity index (χ4n) is 2.84.